The Balaban J connectivity index is 2.15. The first-order valence-corrected chi connectivity index (χ1v) is 6.27. The SMILES string of the molecule is CC(N)CC(C)Sc1nnc2ccccn12. The summed E-state index contributed by atoms with van der Waals surface area (Å²) >= 11 is 1.72. The number of hydrogen-bond donors (Lipinski definition) is 1. The Hall–Kier alpha value is -1.07. The first-order chi connectivity index (χ1) is 7.66. The third-order valence-electron chi connectivity index (χ3n) is 2.29. The predicted molar refractivity (Wildman–Crippen MR) is 66.6 cm³/mol. The monoisotopic (exact) mass is 236 g/mol. The molecule has 0 radical (unpaired) electrons. The first kappa shape index (κ1) is 11.4. The lowest BCUT2D eigenvalue weighted by atomic mass is 10.2. The number of pyridine rings is 1. The lowest BCUT2D eigenvalue weighted by molar-refractivity contribution is 0.661. The van der Waals surface area contributed by atoms with Crippen LogP contribution in [0.1, 0.15) is 20.3 Å². The molecule has 2 aromatic rings. The maximum atomic E-state index is 5.78. The summed E-state index contributed by atoms with van der Waals surface area (Å²) in [7, 11) is 0. The first-order valence-electron chi connectivity index (χ1n) is 5.39. The molecule has 0 aliphatic heterocycles. The van der Waals surface area contributed by atoms with Crippen LogP contribution in [0.25, 0.3) is 5.65 Å². The van der Waals surface area contributed by atoms with Gasteiger partial charge >= 0.3 is 0 Å². The van der Waals surface area contributed by atoms with E-state index in [9.17, 15) is 0 Å². The van der Waals surface area contributed by atoms with Crippen LogP contribution in [0, 0.1) is 0 Å². The molecule has 0 fully saturated rings. The molecule has 2 heterocycles. The fourth-order valence-corrected chi connectivity index (χ4v) is 2.77. The van der Waals surface area contributed by atoms with Crippen LogP contribution in [-0.2, 0) is 0 Å². The van der Waals surface area contributed by atoms with E-state index in [-0.39, 0.29) is 6.04 Å². The summed E-state index contributed by atoms with van der Waals surface area (Å²) < 4.78 is 2.00. The van der Waals surface area contributed by atoms with E-state index in [4.69, 9.17) is 5.73 Å². The Morgan fingerprint density at radius 3 is 2.94 bits per heavy atom. The van der Waals surface area contributed by atoms with E-state index in [2.05, 4.69) is 17.1 Å². The highest BCUT2D eigenvalue weighted by atomic mass is 32.2. The summed E-state index contributed by atoms with van der Waals surface area (Å²) in [6.45, 7) is 4.19. The molecule has 5 heteroatoms. The van der Waals surface area contributed by atoms with Gasteiger partial charge in [0.25, 0.3) is 0 Å². The van der Waals surface area contributed by atoms with Crippen LogP contribution in [-0.4, -0.2) is 25.9 Å². The Kier molecular flexibility index (Phi) is 3.46. The summed E-state index contributed by atoms with van der Waals surface area (Å²) in [5, 5.41) is 9.67. The maximum Gasteiger partial charge on any atom is 0.195 e. The Bertz CT molecular complexity index is 466. The highest BCUT2D eigenvalue weighted by Gasteiger charge is 2.11. The largest absolute Gasteiger partial charge is 0.328 e. The van der Waals surface area contributed by atoms with Crippen LogP contribution in [0.5, 0.6) is 0 Å². The normalized spacial score (nSPS) is 15.2. The highest BCUT2D eigenvalue weighted by molar-refractivity contribution is 7.99. The van der Waals surface area contributed by atoms with E-state index in [1.54, 1.807) is 11.8 Å². The van der Waals surface area contributed by atoms with Crippen LogP contribution in [0.3, 0.4) is 0 Å². The van der Waals surface area contributed by atoms with Gasteiger partial charge < -0.3 is 5.73 Å². The number of thioether (sulfide) groups is 1. The summed E-state index contributed by atoms with van der Waals surface area (Å²) in [5.74, 6) is 0. The second-order valence-corrected chi connectivity index (χ2v) is 5.46. The molecule has 0 aliphatic rings. The average molecular weight is 236 g/mol. The maximum absolute atomic E-state index is 5.78. The van der Waals surface area contributed by atoms with Gasteiger partial charge in [-0.25, -0.2) is 0 Å². The Labute approximate surface area is 99.2 Å². The molecular weight excluding hydrogens is 220 g/mol. The number of nitrogens with two attached hydrogens (primary N) is 1. The molecule has 2 rings (SSSR count). The highest BCUT2D eigenvalue weighted by Crippen LogP contribution is 2.24. The van der Waals surface area contributed by atoms with Gasteiger partial charge in [0.1, 0.15) is 0 Å². The average Bonchev–Trinajstić information content (AvgIpc) is 2.61. The number of nitrogens with zero attached hydrogens (tertiary/aromatic N) is 3. The van der Waals surface area contributed by atoms with Crippen LogP contribution < -0.4 is 5.73 Å². The zero-order chi connectivity index (χ0) is 11.5. The van der Waals surface area contributed by atoms with E-state index >= 15 is 0 Å². The summed E-state index contributed by atoms with van der Waals surface area (Å²) in [6.07, 6.45) is 2.96. The van der Waals surface area contributed by atoms with Crippen molar-refractivity contribution < 1.29 is 0 Å². The summed E-state index contributed by atoms with van der Waals surface area (Å²) in [5.41, 5.74) is 6.67. The van der Waals surface area contributed by atoms with Crippen molar-refractivity contribution in [3.05, 3.63) is 24.4 Å². The molecule has 2 N–H and O–H groups in total. The van der Waals surface area contributed by atoms with E-state index < -0.39 is 0 Å². The number of fused-ring (bicyclic) bond motifs is 1. The number of hydrogen-bond acceptors (Lipinski definition) is 4. The minimum Gasteiger partial charge on any atom is -0.328 e. The third kappa shape index (κ3) is 2.54. The molecule has 0 spiro atoms. The number of rotatable bonds is 4. The Morgan fingerprint density at radius 1 is 1.38 bits per heavy atom. The van der Waals surface area contributed by atoms with E-state index in [1.165, 1.54) is 0 Å². The van der Waals surface area contributed by atoms with Gasteiger partial charge in [0.05, 0.1) is 0 Å². The summed E-state index contributed by atoms with van der Waals surface area (Å²) in [6, 6.07) is 6.12. The molecule has 0 amide bonds. The van der Waals surface area contributed by atoms with Gasteiger partial charge in [-0.2, -0.15) is 0 Å². The van der Waals surface area contributed by atoms with Crippen LogP contribution in [0.2, 0.25) is 0 Å². The van der Waals surface area contributed by atoms with Gasteiger partial charge in [-0.3, -0.25) is 4.40 Å². The topological polar surface area (TPSA) is 56.2 Å². The molecule has 0 bridgehead atoms. The van der Waals surface area contributed by atoms with E-state index in [0.717, 1.165) is 17.2 Å². The third-order valence-corrected chi connectivity index (χ3v) is 3.38. The van der Waals surface area contributed by atoms with Crippen molar-refractivity contribution >= 4 is 17.4 Å². The minimum absolute atomic E-state index is 0.224. The van der Waals surface area contributed by atoms with Crippen LogP contribution >= 0.6 is 11.8 Å². The van der Waals surface area contributed by atoms with Gasteiger partial charge in [-0.1, -0.05) is 24.8 Å². The van der Waals surface area contributed by atoms with Crippen molar-refractivity contribution in [3.63, 3.8) is 0 Å². The van der Waals surface area contributed by atoms with Crippen molar-refractivity contribution in [2.24, 2.45) is 5.73 Å². The second kappa shape index (κ2) is 4.84. The van der Waals surface area contributed by atoms with Crippen LogP contribution in [0.15, 0.2) is 29.6 Å². The fourth-order valence-electron chi connectivity index (χ4n) is 1.65. The van der Waals surface area contributed by atoms with Gasteiger partial charge in [-0.15, -0.1) is 10.2 Å². The summed E-state index contributed by atoms with van der Waals surface area (Å²) in [4.78, 5) is 0. The van der Waals surface area contributed by atoms with E-state index in [1.807, 2.05) is 35.7 Å². The molecule has 0 saturated heterocycles. The smallest absolute Gasteiger partial charge is 0.195 e. The quantitative estimate of drug-likeness (QED) is 0.824. The number of aromatic nitrogens is 3. The van der Waals surface area contributed by atoms with Crippen molar-refractivity contribution in [1.29, 1.82) is 0 Å². The van der Waals surface area contributed by atoms with Crippen LogP contribution in [0.4, 0.5) is 0 Å². The molecular formula is C11H16N4S. The molecule has 0 aromatic carbocycles. The molecule has 0 saturated carbocycles. The van der Waals surface area contributed by atoms with Crippen molar-refractivity contribution in [2.45, 2.75) is 36.7 Å². The lowest BCUT2D eigenvalue weighted by Gasteiger charge is -2.11. The minimum atomic E-state index is 0.224. The molecule has 86 valence electrons. The van der Waals surface area contributed by atoms with Gasteiger partial charge in [-0.05, 0) is 25.5 Å². The molecule has 0 aliphatic carbocycles. The molecule has 2 atom stereocenters. The fraction of sp³-hybridized carbons (Fsp3) is 0.455. The van der Waals surface area contributed by atoms with Crippen molar-refractivity contribution in [3.8, 4) is 0 Å². The molecule has 16 heavy (non-hydrogen) atoms. The molecule has 4 nitrogen and oxygen atoms in total. The van der Waals surface area contributed by atoms with Crippen molar-refractivity contribution in [2.75, 3.05) is 0 Å². The zero-order valence-electron chi connectivity index (χ0n) is 9.50. The van der Waals surface area contributed by atoms with Gasteiger partial charge in [0, 0.05) is 17.5 Å². The Morgan fingerprint density at radius 2 is 2.19 bits per heavy atom. The van der Waals surface area contributed by atoms with Crippen molar-refractivity contribution in [1.82, 2.24) is 14.6 Å². The standard InChI is InChI=1S/C11H16N4S/c1-8(12)7-9(2)16-11-14-13-10-5-3-4-6-15(10)11/h3-6,8-9H,7,12H2,1-2H3. The zero-order valence-corrected chi connectivity index (χ0v) is 10.3. The van der Waals surface area contributed by atoms with Gasteiger partial charge in [0.2, 0.25) is 0 Å². The molecule has 2 aromatic heterocycles. The van der Waals surface area contributed by atoms with Gasteiger partial charge in [0.15, 0.2) is 10.8 Å². The van der Waals surface area contributed by atoms with E-state index in [0.29, 0.717) is 5.25 Å². The lowest BCUT2D eigenvalue weighted by Crippen LogP contribution is -2.19. The molecule has 2 unspecified atom stereocenters. The predicted octanol–water partition coefficient (Wildman–Crippen LogP) is 1.95. The second-order valence-electron chi connectivity index (χ2n) is 4.05.